The molecule has 0 spiro atoms. The van der Waals surface area contributed by atoms with Gasteiger partial charge in [-0.25, -0.2) is 4.98 Å². The number of hydrogen-bond acceptors (Lipinski definition) is 2. The van der Waals surface area contributed by atoms with Crippen molar-refractivity contribution in [2.45, 2.75) is 32.2 Å². The fraction of sp³-hybridized carbons (Fsp3) is 0.263. The molecule has 1 aliphatic heterocycles. The molecule has 0 saturated carbocycles. The SMILES string of the molecule is O=C(Nc1ccc2c(c1)nc1n2CCCCC1)c1ccc(Cl)cc1. The van der Waals surface area contributed by atoms with E-state index in [-0.39, 0.29) is 5.91 Å². The third kappa shape index (κ3) is 2.89. The fourth-order valence-electron chi connectivity index (χ4n) is 3.23. The lowest BCUT2D eigenvalue weighted by Crippen LogP contribution is -2.11. The molecule has 0 radical (unpaired) electrons. The maximum atomic E-state index is 12.3. The van der Waals surface area contributed by atoms with Crippen LogP contribution in [0.4, 0.5) is 5.69 Å². The number of benzene rings is 2. The number of nitrogens with zero attached hydrogens (tertiary/aromatic N) is 2. The Balaban J connectivity index is 1.61. The standard InChI is InChI=1S/C19H18ClN3O/c20-14-7-5-13(6-8-14)19(24)21-15-9-10-17-16(12-15)22-18-4-2-1-3-11-23(17)18/h5-10,12H,1-4,11H2,(H,21,24). The molecule has 1 N–H and O–H groups in total. The van der Waals surface area contributed by atoms with E-state index in [1.54, 1.807) is 24.3 Å². The number of carbonyl (C=O) groups excluding carboxylic acids is 1. The topological polar surface area (TPSA) is 46.9 Å². The number of amides is 1. The summed E-state index contributed by atoms with van der Waals surface area (Å²) in [4.78, 5) is 17.1. The smallest absolute Gasteiger partial charge is 0.255 e. The maximum absolute atomic E-state index is 12.3. The van der Waals surface area contributed by atoms with E-state index in [1.807, 2.05) is 12.1 Å². The van der Waals surface area contributed by atoms with Crippen LogP contribution in [-0.2, 0) is 13.0 Å². The molecule has 2 aromatic carbocycles. The molecule has 2 heterocycles. The molecule has 0 aliphatic carbocycles. The van der Waals surface area contributed by atoms with Gasteiger partial charge in [-0.3, -0.25) is 4.79 Å². The average Bonchev–Trinajstić information content (AvgIpc) is 2.76. The number of imidazole rings is 1. The first kappa shape index (κ1) is 15.2. The zero-order chi connectivity index (χ0) is 16.5. The van der Waals surface area contributed by atoms with Crippen LogP contribution in [0.15, 0.2) is 42.5 Å². The summed E-state index contributed by atoms with van der Waals surface area (Å²) in [5.74, 6) is 1.01. The van der Waals surface area contributed by atoms with Crippen LogP contribution in [0.1, 0.15) is 35.4 Å². The third-order valence-electron chi connectivity index (χ3n) is 4.47. The van der Waals surface area contributed by atoms with Crippen molar-refractivity contribution in [1.29, 1.82) is 0 Å². The van der Waals surface area contributed by atoms with Gasteiger partial charge in [-0.15, -0.1) is 0 Å². The van der Waals surface area contributed by atoms with Gasteiger partial charge < -0.3 is 9.88 Å². The van der Waals surface area contributed by atoms with E-state index in [0.717, 1.165) is 35.5 Å². The lowest BCUT2D eigenvalue weighted by atomic mass is 10.2. The molecule has 0 saturated heterocycles. The zero-order valence-corrected chi connectivity index (χ0v) is 14.0. The predicted molar refractivity (Wildman–Crippen MR) is 96.7 cm³/mol. The van der Waals surface area contributed by atoms with Gasteiger partial charge in [0.15, 0.2) is 0 Å². The van der Waals surface area contributed by atoms with Gasteiger partial charge >= 0.3 is 0 Å². The zero-order valence-electron chi connectivity index (χ0n) is 13.3. The van der Waals surface area contributed by atoms with E-state index in [9.17, 15) is 4.79 Å². The molecule has 1 amide bonds. The van der Waals surface area contributed by atoms with Gasteiger partial charge in [-0.1, -0.05) is 18.0 Å². The molecule has 0 bridgehead atoms. The molecule has 4 rings (SSSR count). The highest BCUT2D eigenvalue weighted by molar-refractivity contribution is 6.30. The lowest BCUT2D eigenvalue weighted by molar-refractivity contribution is 0.102. The van der Waals surface area contributed by atoms with Gasteiger partial charge in [-0.05, 0) is 55.3 Å². The Hall–Kier alpha value is -2.33. The molecular weight excluding hydrogens is 322 g/mol. The fourth-order valence-corrected chi connectivity index (χ4v) is 3.36. The Morgan fingerprint density at radius 3 is 2.75 bits per heavy atom. The van der Waals surface area contributed by atoms with Crippen LogP contribution in [0.2, 0.25) is 5.02 Å². The quantitative estimate of drug-likeness (QED) is 0.737. The van der Waals surface area contributed by atoms with E-state index in [2.05, 4.69) is 16.0 Å². The minimum atomic E-state index is -0.146. The van der Waals surface area contributed by atoms with E-state index >= 15 is 0 Å². The van der Waals surface area contributed by atoms with Gasteiger partial charge in [0.2, 0.25) is 0 Å². The molecule has 0 atom stereocenters. The number of anilines is 1. The van der Waals surface area contributed by atoms with Gasteiger partial charge in [0.05, 0.1) is 11.0 Å². The molecule has 1 aliphatic rings. The van der Waals surface area contributed by atoms with Crippen LogP contribution in [0.25, 0.3) is 11.0 Å². The second-order valence-electron chi connectivity index (χ2n) is 6.15. The van der Waals surface area contributed by atoms with Gasteiger partial charge in [0.25, 0.3) is 5.91 Å². The van der Waals surface area contributed by atoms with Gasteiger partial charge in [-0.2, -0.15) is 0 Å². The highest BCUT2D eigenvalue weighted by Gasteiger charge is 2.14. The Bertz CT molecular complexity index is 899. The predicted octanol–water partition coefficient (Wildman–Crippen LogP) is 4.67. The van der Waals surface area contributed by atoms with Crippen molar-refractivity contribution >= 4 is 34.2 Å². The van der Waals surface area contributed by atoms with E-state index in [4.69, 9.17) is 16.6 Å². The number of aromatic nitrogens is 2. The van der Waals surface area contributed by atoms with Crippen molar-refractivity contribution in [2.24, 2.45) is 0 Å². The largest absolute Gasteiger partial charge is 0.328 e. The Kier molecular flexibility index (Phi) is 3.98. The molecule has 0 unspecified atom stereocenters. The summed E-state index contributed by atoms with van der Waals surface area (Å²) < 4.78 is 2.31. The number of hydrogen-bond donors (Lipinski definition) is 1. The Morgan fingerprint density at radius 2 is 1.92 bits per heavy atom. The summed E-state index contributed by atoms with van der Waals surface area (Å²) >= 11 is 5.86. The summed E-state index contributed by atoms with van der Waals surface area (Å²) in [5, 5.41) is 3.55. The van der Waals surface area contributed by atoms with Crippen LogP contribution >= 0.6 is 11.6 Å². The summed E-state index contributed by atoms with van der Waals surface area (Å²) in [6.45, 7) is 1.03. The van der Waals surface area contributed by atoms with E-state index in [1.165, 1.54) is 19.3 Å². The average molecular weight is 340 g/mol. The normalized spacial score (nSPS) is 14.2. The molecule has 5 heteroatoms. The minimum absolute atomic E-state index is 0.146. The van der Waals surface area contributed by atoms with Gasteiger partial charge in [0.1, 0.15) is 5.82 Å². The molecule has 122 valence electrons. The second kappa shape index (κ2) is 6.29. The lowest BCUT2D eigenvalue weighted by Gasteiger charge is -2.07. The first-order valence-corrected chi connectivity index (χ1v) is 8.64. The first-order valence-electron chi connectivity index (χ1n) is 8.27. The molecular formula is C19H18ClN3O. The van der Waals surface area contributed by atoms with Crippen molar-refractivity contribution in [3.05, 3.63) is 58.9 Å². The van der Waals surface area contributed by atoms with E-state index < -0.39 is 0 Å². The molecule has 4 nitrogen and oxygen atoms in total. The molecule has 3 aromatic rings. The Morgan fingerprint density at radius 1 is 1.08 bits per heavy atom. The van der Waals surface area contributed by atoms with Gasteiger partial charge in [0, 0.05) is 29.2 Å². The van der Waals surface area contributed by atoms with Crippen LogP contribution in [0, 0.1) is 0 Å². The monoisotopic (exact) mass is 339 g/mol. The van der Waals surface area contributed by atoms with Crippen molar-refractivity contribution in [3.8, 4) is 0 Å². The number of fused-ring (bicyclic) bond motifs is 3. The molecule has 0 fully saturated rings. The van der Waals surface area contributed by atoms with E-state index in [0.29, 0.717) is 10.6 Å². The van der Waals surface area contributed by atoms with Crippen LogP contribution in [0.5, 0.6) is 0 Å². The third-order valence-corrected chi connectivity index (χ3v) is 4.73. The van der Waals surface area contributed by atoms with Crippen molar-refractivity contribution < 1.29 is 4.79 Å². The summed E-state index contributed by atoms with van der Waals surface area (Å²) in [6, 6.07) is 12.8. The van der Waals surface area contributed by atoms with Crippen LogP contribution < -0.4 is 5.32 Å². The highest BCUT2D eigenvalue weighted by Crippen LogP contribution is 2.24. The van der Waals surface area contributed by atoms with Crippen molar-refractivity contribution in [1.82, 2.24) is 9.55 Å². The first-order chi connectivity index (χ1) is 11.7. The number of rotatable bonds is 2. The maximum Gasteiger partial charge on any atom is 0.255 e. The number of carbonyl (C=O) groups is 1. The second-order valence-corrected chi connectivity index (χ2v) is 6.59. The number of halogens is 1. The number of aryl methyl sites for hydroxylation is 2. The summed E-state index contributed by atoms with van der Waals surface area (Å²) in [7, 11) is 0. The number of nitrogens with one attached hydrogen (secondary N) is 1. The van der Waals surface area contributed by atoms with Crippen molar-refractivity contribution in [2.75, 3.05) is 5.32 Å². The molecule has 24 heavy (non-hydrogen) atoms. The van der Waals surface area contributed by atoms with Crippen LogP contribution in [0.3, 0.4) is 0 Å². The summed E-state index contributed by atoms with van der Waals surface area (Å²) in [6.07, 6.45) is 4.69. The Labute approximate surface area is 145 Å². The minimum Gasteiger partial charge on any atom is -0.328 e. The summed E-state index contributed by atoms with van der Waals surface area (Å²) in [5.41, 5.74) is 3.44. The molecule has 1 aromatic heterocycles. The van der Waals surface area contributed by atoms with Crippen molar-refractivity contribution in [3.63, 3.8) is 0 Å². The van der Waals surface area contributed by atoms with Crippen LogP contribution in [-0.4, -0.2) is 15.5 Å². The highest BCUT2D eigenvalue weighted by atomic mass is 35.5.